The summed E-state index contributed by atoms with van der Waals surface area (Å²) in [6, 6.07) is 5.87. The first-order chi connectivity index (χ1) is 18.9. The number of nitrogens with zero attached hydrogens (tertiary/aromatic N) is 1. The van der Waals surface area contributed by atoms with E-state index in [9.17, 15) is 19.2 Å². The fourth-order valence-electron chi connectivity index (χ4n) is 7.11. The van der Waals surface area contributed by atoms with Gasteiger partial charge in [-0.1, -0.05) is 12.5 Å². The molecule has 4 fully saturated rings. The fourth-order valence-corrected chi connectivity index (χ4v) is 7.11. The number of carbonyl (C=O) groups is 4. The van der Waals surface area contributed by atoms with Crippen molar-refractivity contribution in [2.45, 2.75) is 63.1 Å². The molecule has 0 bridgehead atoms. The van der Waals surface area contributed by atoms with E-state index in [-0.39, 0.29) is 47.7 Å². The van der Waals surface area contributed by atoms with Crippen LogP contribution >= 0.6 is 0 Å². The number of nitrogens with one attached hydrogen (secondary N) is 3. The molecule has 3 N–H and O–H groups in total. The van der Waals surface area contributed by atoms with Gasteiger partial charge in [0.05, 0.1) is 13.2 Å². The molecule has 10 nitrogen and oxygen atoms in total. The standard InChI is InChI=1S/C29H36N4O6/c1-38-23-8-3-7-20-19(23)14-22(31-20)29(37)33-15-17-5-2-6-18(17)25(33)28(36)32-21(13-16-10-11-30-27(16)35)26(34)24-9-4-12-39-24/h3,7-8,14,16-18,21,24-25,31H,2,4-6,9-13,15H2,1H3,(H,30,35)(H,32,36)/t16-,17-,18-,21?,24?,25-/m0/s1. The number of likely N-dealkylation sites (tertiary alicyclic amines) is 1. The van der Waals surface area contributed by atoms with Crippen molar-refractivity contribution in [1.82, 2.24) is 20.5 Å². The van der Waals surface area contributed by atoms with Crippen molar-refractivity contribution in [3.63, 3.8) is 0 Å². The van der Waals surface area contributed by atoms with Gasteiger partial charge in [-0.15, -0.1) is 0 Å². The van der Waals surface area contributed by atoms with Crippen molar-refractivity contribution in [2.24, 2.45) is 17.8 Å². The summed E-state index contributed by atoms with van der Waals surface area (Å²) in [5, 5.41) is 6.63. The summed E-state index contributed by atoms with van der Waals surface area (Å²) in [4.78, 5) is 58.5. The summed E-state index contributed by atoms with van der Waals surface area (Å²) in [5.41, 5.74) is 1.19. The summed E-state index contributed by atoms with van der Waals surface area (Å²) in [6.07, 6.45) is 4.57. The van der Waals surface area contributed by atoms with Gasteiger partial charge in [-0.3, -0.25) is 19.2 Å². The number of carbonyl (C=O) groups excluding carboxylic acids is 4. The second kappa shape index (κ2) is 10.6. The van der Waals surface area contributed by atoms with E-state index in [1.54, 1.807) is 18.1 Å². The van der Waals surface area contributed by atoms with Crippen molar-refractivity contribution >= 4 is 34.4 Å². The van der Waals surface area contributed by atoms with Gasteiger partial charge in [0.15, 0.2) is 5.78 Å². The SMILES string of the molecule is COc1cccc2[nH]c(C(=O)N3C[C@@H]4CCC[C@@H]4[C@H]3C(=O)NC(C[C@@H]3CCNC3=O)C(=O)C3CCCO3)cc12. The van der Waals surface area contributed by atoms with E-state index in [0.29, 0.717) is 44.0 Å². The summed E-state index contributed by atoms with van der Waals surface area (Å²) < 4.78 is 11.1. The number of ether oxygens (including phenoxy) is 2. The van der Waals surface area contributed by atoms with Gasteiger partial charge in [0.1, 0.15) is 23.6 Å². The Balaban J connectivity index is 1.26. The van der Waals surface area contributed by atoms with Crippen LogP contribution in [0.4, 0.5) is 0 Å². The Hall–Kier alpha value is -3.40. The van der Waals surface area contributed by atoms with E-state index in [1.807, 2.05) is 18.2 Å². The zero-order valence-corrected chi connectivity index (χ0v) is 22.2. The van der Waals surface area contributed by atoms with Gasteiger partial charge < -0.3 is 30.0 Å². The number of rotatable bonds is 8. The number of fused-ring (bicyclic) bond motifs is 2. The van der Waals surface area contributed by atoms with E-state index in [0.717, 1.165) is 36.6 Å². The van der Waals surface area contributed by atoms with Crippen LogP contribution in [0.15, 0.2) is 24.3 Å². The predicted molar refractivity (Wildman–Crippen MR) is 142 cm³/mol. The number of benzene rings is 1. The second-order valence-corrected chi connectivity index (χ2v) is 11.3. The molecule has 1 aromatic heterocycles. The van der Waals surface area contributed by atoms with Gasteiger partial charge in [-0.25, -0.2) is 0 Å². The molecule has 2 unspecified atom stereocenters. The van der Waals surface area contributed by atoms with E-state index < -0.39 is 18.2 Å². The molecule has 1 saturated carbocycles. The van der Waals surface area contributed by atoms with E-state index >= 15 is 0 Å². The number of amides is 3. The number of Topliss-reactive ketones (excluding diaryl/α,β-unsaturated/α-hetero) is 1. The first-order valence-electron chi connectivity index (χ1n) is 14.1. The van der Waals surface area contributed by atoms with Gasteiger partial charge in [0.25, 0.3) is 5.91 Å². The van der Waals surface area contributed by atoms with Gasteiger partial charge in [-0.05, 0) is 68.6 Å². The van der Waals surface area contributed by atoms with Crippen LogP contribution in [0.3, 0.4) is 0 Å². The molecule has 208 valence electrons. The minimum atomic E-state index is -0.829. The highest BCUT2D eigenvalue weighted by atomic mass is 16.5. The molecule has 2 aromatic rings. The van der Waals surface area contributed by atoms with Crippen molar-refractivity contribution in [2.75, 3.05) is 26.8 Å². The largest absolute Gasteiger partial charge is 0.496 e. The minimum Gasteiger partial charge on any atom is -0.496 e. The monoisotopic (exact) mass is 536 g/mol. The molecule has 0 spiro atoms. The Kier molecular flexibility index (Phi) is 7.05. The molecule has 3 aliphatic heterocycles. The van der Waals surface area contributed by atoms with E-state index in [2.05, 4.69) is 15.6 Å². The topological polar surface area (TPSA) is 130 Å². The minimum absolute atomic E-state index is 0.0427. The Morgan fingerprint density at radius 1 is 1.18 bits per heavy atom. The molecule has 4 aliphatic rings. The molecular weight excluding hydrogens is 500 g/mol. The lowest BCUT2D eigenvalue weighted by atomic mass is 9.90. The molecular formula is C29H36N4O6. The maximum absolute atomic E-state index is 14.0. The zero-order valence-electron chi connectivity index (χ0n) is 22.2. The van der Waals surface area contributed by atoms with Crippen molar-refractivity contribution < 1.29 is 28.7 Å². The first-order valence-corrected chi connectivity index (χ1v) is 14.1. The molecule has 10 heteroatoms. The molecule has 39 heavy (non-hydrogen) atoms. The quantitative estimate of drug-likeness (QED) is 0.474. The highest BCUT2D eigenvalue weighted by Crippen LogP contribution is 2.43. The molecule has 6 rings (SSSR count). The van der Waals surface area contributed by atoms with Crippen LogP contribution in [0.5, 0.6) is 5.75 Å². The van der Waals surface area contributed by atoms with Crippen LogP contribution < -0.4 is 15.4 Å². The third-order valence-corrected chi connectivity index (χ3v) is 9.08. The predicted octanol–water partition coefficient (Wildman–Crippen LogP) is 2.18. The van der Waals surface area contributed by atoms with Crippen molar-refractivity contribution in [3.05, 3.63) is 30.0 Å². The number of ketones is 1. The van der Waals surface area contributed by atoms with Crippen molar-refractivity contribution in [1.29, 1.82) is 0 Å². The summed E-state index contributed by atoms with van der Waals surface area (Å²) in [6.45, 7) is 1.59. The van der Waals surface area contributed by atoms with Gasteiger partial charge >= 0.3 is 0 Å². The number of hydrogen-bond donors (Lipinski definition) is 3. The average molecular weight is 537 g/mol. The molecule has 1 aliphatic carbocycles. The number of hydrogen-bond acceptors (Lipinski definition) is 6. The Morgan fingerprint density at radius 2 is 2.05 bits per heavy atom. The Labute approximate surface area is 227 Å². The van der Waals surface area contributed by atoms with Crippen LogP contribution in [-0.4, -0.2) is 78.4 Å². The third-order valence-electron chi connectivity index (χ3n) is 9.08. The molecule has 6 atom stereocenters. The number of H-pyrrole nitrogens is 1. The molecule has 1 aromatic carbocycles. The number of methoxy groups -OCH3 is 1. The van der Waals surface area contributed by atoms with Gasteiger partial charge in [0, 0.05) is 36.5 Å². The lowest BCUT2D eigenvalue weighted by Gasteiger charge is -2.30. The molecule has 3 amide bonds. The van der Waals surface area contributed by atoms with Gasteiger partial charge in [0.2, 0.25) is 11.8 Å². The molecule has 3 saturated heterocycles. The maximum Gasteiger partial charge on any atom is 0.271 e. The smallest absolute Gasteiger partial charge is 0.271 e. The maximum atomic E-state index is 14.0. The van der Waals surface area contributed by atoms with E-state index in [4.69, 9.17) is 9.47 Å². The Morgan fingerprint density at radius 3 is 2.79 bits per heavy atom. The number of aromatic nitrogens is 1. The Bertz CT molecular complexity index is 1280. The average Bonchev–Trinajstić information content (AvgIpc) is 3.75. The summed E-state index contributed by atoms with van der Waals surface area (Å²) >= 11 is 0. The van der Waals surface area contributed by atoms with Crippen LogP contribution in [0, 0.1) is 17.8 Å². The zero-order chi connectivity index (χ0) is 27.1. The molecule has 0 radical (unpaired) electrons. The van der Waals surface area contributed by atoms with Crippen LogP contribution in [-0.2, 0) is 19.1 Å². The highest BCUT2D eigenvalue weighted by molar-refractivity contribution is 6.02. The first kappa shape index (κ1) is 25.9. The van der Waals surface area contributed by atoms with Gasteiger partial charge in [-0.2, -0.15) is 0 Å². The summed E-state index contributed by atoms with van der Waals surface area (Å²) in [5.74, 6) is -0.192. The lowest BCUT2D eigenvalue weighted by molar-refractivity contribution is -0.136. The fraction of sp³-hybridized carbons (Fsp3) is 0.586. The van der Waals surface area contributed by atoms with Crippen molar-refractivity contribution in [3.8, 4) is 5.75 Å². The third kappa shape index (κ3) is 4.79. The second-order valence-electron chi connectivity index (χ2n) is 11.3. The van der Waals surface area contributed by atoms with Crippen LogP contribution in [0.1, 0.15) is 55.4 Å². The molecule has 4 heterocycles. The summed E-state index contributed by atoms with van der Waals surface area (Å²) in [7, 11) is 1.59. The van der Waals surface area contributed by atoms with E-state index in [1.165, 1.54) is 0 Å². The van der Waals surface area contributed by atoms with Crippen LogP contribution in [0.25, 0.3) is 10.9 Å². The highest BCUT2D eigenvalue weighted by Gasteiger charge is 2.50. The lowest BCUT2D eigenvalue weighted by Crippen LogP contribution is -2.54. The number of aromatic amines is 1. The normalized spacial score (nSPS) is 28.9. The van der Waals surface area contributed by atoms with Crippen LogP contribution in [0.2, 0.25) is 0 Å².